The molecule has 1 saturated heterocycles. The lowest BCUT2D eigenvalue weighted by atomic mass is 10.0. The van der Waals surface area contributed by atoms with Gasteiger partial charge in [0.2, 0.25) is 5.91 Å². The molecule has 2 fully saturated rings. The fourth-order valence-electron chi connectivity index (χ4n) is 3.01. The fourth-order valence-corrected chi connectivity index (χ4v) is 3.01. The number of likely N-dealkylation sites (tertiary alicyclic amines) is 1. The van der Waals surface area contributed by atoms with Gasteiger partial charge in [0.15, 0.2) is 0 Å². The van der Waals surface area contributed by atoms with Gasteiger partial charge in [0.25, 0.3) is 0 Å². The quantitative estimate of drug-likeness (QED) is 0.747. The van der Waals surface area contributed by atoms with Crippen LogP contribution in [0, 0.1) is 0 Å². The molecule has 5 nitrogen and oxygen atoms in total. The number of hydrogen-bond acceptors (Lipinski definition) is 4. The molecule has 0 radical (unpaired) electrons. The summed E-state index contributed by atoms with van der Waals surface area (Å²) >= 11 is 0. The lowest BCUT2D eigenvalue weighted by molar-refractivity contribution is -0.136. The van der Waals surface area contributed by atoms with E-state index >= 15 is 0 Å². The highest BCUT2D eigenvalue weighted by Crippen LogP contribution is 2.20. The third-order valence-corrected chi connectivity index (χ3v) is 4.06. The number of amides is 1. The maximum absolute atomic E-state index is 11.7. The molecule has 0 aromatic heterocycles. The first-order valence-electron chi connectivity index (χ1n) is 6.97. The highest BCUT2D eigenvalue weighted by Gasteiger charge is 2.27. The van der Waals surface area contributed by atoms with Crippen LogP contribution in [0.5, 0.6) is 0 Å². The van der Waals surface area contributed by atoms with Crippen molar-refractivity contribution >= 4 is 5.91 Å². The average Bonchev–Trinajstić information content (AvgIpc) is 2.76. The van der Waals surface area contributed by atoms with E-state index in [1.807, 2.05) is 4.90 Å². The fraction of sp³-hybridized carbons (Fsp3) is 0.923. The molecule has 0 aromatic rings. The number of rotatable bonds is 4. The first-order chi connectivity index (χ1) is 8.69. The van der Waals surface area contributed by atoms with Crippen LogP contribution in [0.2, 0.25) is 0 Å². The highest BCUT2D eigenvalue weighted by atomic mass is 16.5. The van der Waals surface area contributed by atoms with Gasteiger partial charge in [-0.2, -0.15) is 0 Å². The van der Waals surface area contributed by atoms with E-state index in [9.17, 15) is 4.79 Å². The van der Waals surface area contributed by atoms with E-state index in [-0.39, 0.29) is 12.5 Å². The first-order valence-corrected chi connectivity index (χ1v) is 6.97. The Morgan fingerprint density at radius 3 is 2.56 bits per heavy atom. The Kier molecular flexibility index (Phi) is 4.97. The SMILES string of the molecule is COCC(=O)N1CCC(NC2CCC(N)C2)CC1. The Morgan fingerprint density at radius 2 is 2.00 bits per heavy atom. The molecule has 2 atom stereocenters. The van der Waals surface area contributed by atoms with Crippen molar-refractivity contribution in [2.24, 2.45) is 5.73 Å². The molecule has 18 heavy (non-hydrogen) atoms. The standard InChI is InChI=1S/C13H25N3O2/c1-18-9-13(17)16-6-4-11(5-7-16)15-12-3-2-10(14)8-12/h10-12,15H,2-9,14H2,1H3. The second-order valence-electron chi connectivity index (χ2n) is 5.52. The van der Waals surface area contributed by atoms with Gasteiger partial charge in [-0.25, -0.2) is 0 Å². The van der Waals surface area contributed by atoms with Crippen LogP contribution >= 0.6 is 0 Å². The van der Waals surface area contributed by atoms with Crippen LogP contribution in [0.25, 0.3) is 0 Å². The van der Waals surface area contributed by atoms with Gasteiger partial charge in [0.1, 0.15) is 6.61 Å². The summed E-state index contributed by atoms with van der Waals surface area (Å²) in [7, 11) is 1.57. The Bertz CT molecular complexity index is 277. The lowest BCUT2D eigenvalue weighted by Crippen LogP contribution is -2.48. The molecule has 1 aliphatic heterocycles. The molecule has 2 rings (SSSR count). The van der Waals surface area contributed by atoms with E-state index in [2.05, 4.69) is 5.32 Å². The van der Waals surface area contributed by atoms with E-state index in [0.717, 1.165) is 38.8 Å². The summed E-state index contributed by atoms with van der Waals surface area (Å²) in [5.74, 6) is 0.110. The van der Waals surface area contributed by atoms with Crippen molar-refractivity contribution in [1.82, 2.24) is 10.2 Å². The van der Waals surface area contributed by atoms with Gasteiger partial charge in [-0.05, 0) is 32.1 Å². The Labute approximate surface area is 109 Å². The van der Waals surface area contributed by atoms with Crippen molar-refractivity contribution in [2.45, 2.75) is 50.2 Å². The number of methoxy groups -OCH3 is 1. The van der Waals surface area contributed by atoms with Crippen LogP contribution in [0.3, 0.4) is 0 Å². The molecule has 5 heteroatoms. The minimum absolute atomic E-state index is 0.110. The van der Waals surface area contributed by atoms with E-state index in [1.165, 1.54) is 6.42 Å². The summed E-state index contributed by atoms with van der Waals surface area (Å²) in [6, 6.07) is 1.52. The highest BCUT2D eigenvalue weighted by molar-refractivity contribution is 5.77. The molecule has 0 spiro atoms. The number of ether oxygens (including phenoxy) is 1. The average molecular weight is 255 g/mol. The zero-order chi connectivity index (χ0) is 13.0. The molecular formula is C13H25N3O2. The molecule has 2 aliphatic rings. The summed E-state index contributed by atoms with van der Waals surface area (Å²) < 4.78 is 4.88. The van der Waals surface area contributed by atoms with Gasteiger partial charge >= 0.3 is 0 Å². The summed E-state index contributed by atoms with van der Waals surface area (Å²) in [5.41, 5.74) is 5.92. The van der Waals surface area contributed by atoms with Crippen molar-refractivity contribution in [3.8, 4) is 0 Å². The molecule has 3 N–H and O–H groups in total. The third kappa shape index (κ3) is 3.67. The predicted molar refractivity (Wildman–Crippen MR) is 70.2 cm³/mol. The van der Waals surface area contributed by atoms with Crippen molar-refractivity contribution in [2.75, 3.05) is 26.8 Å². The number of carbonyl (C=O) groups is 1. The van der Waals surface area contributed by atoms with E-state index in [0.29, 0.717) is 18.1 Å². The van der Waals surface area contributed by atoms with Crippen LogP contribution in [0.15, 0.2) is 0 Å². The molecule has 0 bridgehead atoms. The summed E-state index contributed by atoms with van der Waals surface area (Å²) in [4.78, 5) is 13.6. The van der Waals surface area contributed by atoms with E-state index < -0.39 is 0 Å². The van der Waals surface area contributed by atoms with Gasteiger partial charge in [0, 0.05) is 38.3 Å². The lowest BCUT2D eigenvalue weighted by Gasteiger charge is -2.33. The van der Waals surface area contributed by atoms with E-state index in [4.69, 9.17) is 10.5 Å². The molecule has 1 aliphatic carbocycles. The number of hydrogen-bond donors (Lipinski definition) is 2. The van der Waals surface area contributed by atoms with Crippen molar-refractivity contribution in [3.05, 3.63) is 0 Å². The number of carbonyl (C=O) groups excluding carboxylic acids is 1. The summed E-state index contributed by atoms with van der Waals surface area (Å²) in [6.07, 6.45) is 5.53. The minimum atomic E-state index is 0.110. The van der Waals surface area contributed by atoms with Crippen LogP contribution in [0.1, 0.15) is 32.1 Å². The van der Waals surface area contributed by atoms with Gasteiger partial charge < -0.3 is 20.7 Å². The second-order valence-corrected chi connectivity index (χ2v) is 5.52. The number of nitrogens with two attached hydrogens (primary N) is 1. The van der Waals surface area contributed by atoms with Crippen molar-refractivity contribution in [1.29, 1.82) is 0 Å². The van der Waals surface area contributed by atoms with E-state index in [1.54, 1.807) is 7.11 Å². The molecular weight excluding hydrogens is 230 g/mol. The first kappa shape index (κ1) is 13.8. The maximum Gasteiger partial charge on any atom is 0.248 e. The second kappa shape index (κ2) is 6.50. The number of nitrogens with one attached hydrogen (secondary N) is 1. The van der Waals surface area contributed by atoms with Gasteiger partial charge in [-0.15, -0.1) is 0 Å². The monoisotopic (exact) mass is 255 g/mol. The Morgan fingerprint density at radius 1 is 1.28 bits per heavy atom. The summed E-state index contributed by atoms with van der Waals surface area (Å²) in [6.45, 7) is 1.90. The third-order valence-electron chi connectivity index (χ3n) is 4.06. The topological polar surface area (TPSA) is 67.6 Å². The van der Waals surface area contributed by atoms with Gasteiger partial charge in [-0.3, -0.25) is 4.79 Å². The molecule has 1 saturated carbocycles. The van der Waals surface area contributed by atoms with Gasteiger partial charge in [0.05, 0.1) is 0 Å². The number of nitrogens with zero attached hydrogens (tertiary/aromatic N) is 1. The zero-order valence-electron chi connectivity index (χ0n) is 11.2. The number of piperidine rings is 1. The molecule has 0 aromatic carbocycles. The Hall–Kier alpha value is -0.650. The Balaban J connectivity index is 1.68. The van der Waals surface area contributed by atoms with Crippen LogP contribution in [-0.2, 0) is 9.53 Å². The molecule has 1 amide bonds. The van der Waals surface area contributed by atoms with Crippen LogP contribution in [-0.4, -0.2) is 55.7 Å². The van der Waals surface area contributed by atoms with Crippen molar-refractivity contribution in [3.63, 3.8) is 0 Å². The zero-order valence-corrected chi connectivity index (χ0v) is 11.2. The molecule has 104 valence electrons. The van der Waals surface area contributed by atoms with Crippen molar-refractivity contribution < 1.29 is 9.53 Å². The van der Waals surface area contributed by atoms with Gasteiger partial charge in [-0.1, -0.05) is 0 Å². The van der Waals surface area contributed by atoms with Crippen LogP contribution in [0.4, 0.5) is 0 Å². The normalized spacial score (nSPS) is 29.8. The minimum Gasteiger partial charge on any atom is -0.375 e. The molecule has 1 heterocycles. The smallest absolute Gasteiger partial charge is 0.248 e. The maximum atomic E-state index is 11.7. The predicted octanol–water partition coefficient (Wildman–Crippen LogP) is 0.0932. The summed E-state index contributed by atoms with van der Waals surface area (Å²) in [5, 5.41) is 3.69. The van der Waals surface area contributed by atoms with Crippen LogP contribution < -0.4 is 11.1 Å². The molecule has 2 unspecified atom stereocenters. The largest absolute Gasteiger partial charge is 0.375 e.